The summed E-state index contributed by atoms with van der Waals surface area (Å²) in [6.45, 7) is 4.98. The molecule has 1 aliphatic rings. The number of amides is 1. The van der Waals surface area contributed by atoms with E-state index in [4.69, 9.17) is 9.47 Å². The molecule has 1 aromatic carbocycles. The summed E-state index contributed by atoms with van der Waals surface area (Å²) in [5.74, 6) is 1.30. The minimum absolute atomic E-state index is 0.0843. The molecular weight excluding hydrogens is 310 g/mol. The number of fused-ring (bicyclic) bond motifs is 1. The normalized spacial score (nSPS) is 12.8. The van der Waals surface area contributed by atoms with Gasteiger partial charge in [-0.15, -0.1) is 11.3 Å². The van der Waals surface area contributed by atoms with E-state index in [2.05, 4.69) is 5.32 Å². The molecule has 0 saturated heterocycles. The van der Waals surface area contributed by atoms with Crippen molar-refractivity contribution < 1.29 is 14.3 Å². The topological polar surface area (TPSA) is 47.6 Å². The number of benzene rings is 1. The van der Waals surface area contributed by atoms with Gasteiger partial charge in [-0.2, -0.15) is 0 Å². The molecule has 1 aromatic heterocycles. The number of carbonyl (C=O) groups excluding carboxylic acids is 1. The van der Waals surface area contributed by atoms with Crippen molar-refractivity contribution in [1.82, 2.24) is 0 Å². The van der Waals surface area contributed by atoms with E-state index in [0.717, 1.165) is 23.5 Å². The Bertz CT molecular complexity index is 687. The first-order chi connectivity index (χ1) is 11.2. The number of thiophene rings is 1. The van der Waals surface area contributed by atoms with Crippen molar-refractivity contribution in [3.63, 3.8) is 0 Å². The molecule has 5 heteroatoms. The molecule has 1 aliphatic carbocycles. The first-order valence-electron chi connectivity index (χ1n) is 8.03. The van der Waals surface area contributed by atoms with E-state index in [9.17, 15) is 4.79 Å². The van der Waals surface area contributed by atoms with Gasteiger partial charge in [-0.25, -0.2) is 0 Å². The molecule has 0 aliphatic heterocycles. The number of hydrogen-bond acceptors (Lipinski definition) is 4. The maximum atomic E-state index is 12.5. The van der Waals surface area contributed by atoms with Crippen molar-refractivity contribution >= 4 is 22.9 Å². The van der Waals surface area contributed by atoms with Gasteiger partial charge >= 0.3 is 0 Å². The van der Waals surface area contributed by atoms with E-state index >= 15 is 0 Å². The highest BCUT2D eigenvalue weighted by Crippen LogP contribution is 2.33. The van der Waals surface area contributed by atoms with Crippen LogP contribution in [-0.4, -0.2) is 19.1 Å². The Morgan fingerprint density at radius 2 is 2.00 bits per heavy atom. The summed E-state index contributed by atoms with van der Waals surface area (Å²) in [5, 5.41) is 2.97. The predicted octanol–water partition coefficient (Wildman–Crippen LogP) is 4.29. The second kappa shape index (κ2) is 7.04. The van der Waals surface area contributed by atoms with Crippen molar-refractivity contribution in [3.8, 4) is 11.5 Å². The zero-order valence-electron chi connectivity index (χ0n) is 13.5. The molecule has 4 nitrogen and oxygen atoms in total. The number of nitrogens with one attached hydrogen (secondary N) is 1. The minimum atomic E-state index is -0.0843. The van der Waals surface area contributed by atoms with Gasteiger partial charge in [-0.1, -0.05) is 0 Å². The first kappa shape index (κ1) is 15.9. The van der Waals surface area contributed by atoms with Crippen LogP contribution in [0.3, 0.4) is 0 Å². The van der Waals surface area contributed by atoms with E-state index in [0.29, 0.717) is 24.7 Å². The molecular formula is C18H21NO3S. The van der Waals surface area contributed by atoms with Crippen LogP contribution in [0.4, 0.5) is 5.69 Å². The molecule has 0 radical (unpaired) electrons. The van der Waals surface area contributed by atoms with Gasteiger partial charge < -0.3 is 14.8 Å². The third-order valence-corrected chi connectivity index (χ3v) is 5.02. The Morgan fingerprint density at radius 3 is 2.74 bits per heavy atom. The third kappa shape index (κ3) is 3.50. The molecule has 0 bridgehead atoms. The number of aryl methyl sites for hydroxylation is 2. The summed E-state index contributed by atoms with van der Waals surface area (Å²) in [4.78, 5) is 14.7. The van der Waals surface area contributed by atoms with Gasteiger partial charge in [-0.3, -0.25) is 4.79 Å². The third-order valence-electron chi connectivity index (χ3n) is 3.78. The van der Waals surface area contributed by atoms with Crippen molar-refractivity contribution in [2.45, 2.75) is 33.1 Å². The zero-order valence-corrected chi connectivity index (χ0v) is 14.3. The second-order valence-corrected chi connectivity index (χ2v) is 6.53. The zero-order chi connectivity index (χ0) is 16.2. The molecule has 0 saturated carbocycles. The van der Waals surface area contributed by atoms with Crippen LogP contribution in [0.5, 0.6) is 11.5 Å². The van der Waals surface area contributed by atoms with E-state index in [1.54, 1.807) is 11.3 Å². The number of carbonyl (C=O) groups is 1. The first-order valence-corrected chi connectivity index (χ1v) is 8.85. The molecule has 3 rings (SSSR count). The van der Waals surface area contributed by atoms with Crippen LogP contribution >= 0.6 is 11.3 Å². The summed E-state index contributed by atoms with van der Waals surface area (Å²) in [6, 6.07) is 7.52. The molecule has 1 N–H and O–H groups in total. The standard InChI is InChI=1S/C18H21NO3S/c1-3-21-13-8-9-15(22-4-2)14(11-13)19-18(20)17-10-12-6-5-7-16(12)23-17/h8-11H,3-7H2,1-2H3,(H,19,20). The molecule has 1 heterocycles. The highest BCUT2D eigenvalue weighted by atomic mass is 32.1. The minimum Gasteiger partial charge on any atom is -0.494 e. The summed E-state index contributed by atoms with van der Waals surface area (Å²) in [5.41, 5.74) is 1.98. The number of rotatable bonds is 6. The lowest BCUT2D eigenvalue weighted by Gasteiger charge is -2.13. The largest absolute Gasteiger partial charge is 0.494 e. The Labute approximate surface area is 140 Å². The van der Waals surface area contributed by atoms with Gasteiger partial charge in [0.1, 0.15) is 11.5 Å². The fourth-order valence-electron chi connectivity index (χ4n) is 2.77. The average Bonchev–Trinajstić information content (AvgIpc) is 3.11. The van der Waals surface area contributed by atoms with Gasteiger partial charge in [-0.05, 0) is 56.9 Å². The number of ether oxygens (including phenoxy) is 2. The van der Waals surface area contributed by atoms with Gasteiger partial charge in [0, 0.05) is 10.9 Å². The fourth-order valence-corrected chi connectivity index (χ4v) is 3.92. The lowest BCUT2D eigenvalue weighted by molar-refractivity contribution is 0.103. The molecule has 0 fully saturated rings. The maximum absolute atomic E-state index is 12.5. The molecule has 2 aromatic rings. The van der Waals surface area contributed by atoms with Gasteiger partial charge in [0.25, 0.3) is 5.91 Å². The molecule has 23 heavy (non-hydrogen) atoms. The lowest BCUT2D eigenvalue weighted by Crippen LogP contribution is -2.12. The van der Waals surface area contributed by atoms with Gasteiger partial charge in [0.15, 0.2) is 0 Å². The van der Waals surface area contributed by atoms with Crippen molar-refractivity contribution in [2.75, 3.05) is 18.5 Å². The number of hydrogen-bond donors (Lipinski definition) is 1. The van der Waals surface area contributed by atoms with Crippen LogP contribution < -0.4 is 14.8 Å². The SMILES string of the molecule is CCOc1ccc(OCC)c(NC(=O)c2cc3c(s2)CCC3)c1. The van der Waals surface area contributed by atoms with Crippen molar-refractivity contribution in [3.05, 3.63) is 39.6 Å². The Kier molecular flexibility index (Phi) is 4.86. The monoisotopic (exact) mass is 331 g/mol. The van der Waals surface area contributed by atoms with Crippen LogP contribution in [0.1, 0.15) is 40.4 Å². The molecule has 0 unspecified atom stereocenters. The molecule has 122 valence electrons. The average molecular weight is 331 g/mol. The lowest BCUT2D eigenvalue weighted by atomic mass is 10.2. The molecule has 0 spiro atoms. The van der Waals surface area contributed by atoms with E-state index in [-0.39, 0.29) is 5.91 Å². The Hall–Kier alpha value is -2.01. The highest BCUT2D eigenvalue weighted by Gasteiger charge is 2.19. The maximum Gasteiger partial charge on any atom is 0.265 e. The summed E-state index contributed by atoms with van der Waals surface area (Å²) < 4.78 is 11.1. The summed E-state index contributed by atoms with van der Waals surface area (Å²) >= 11 is 1.60. The van der Waals surface area contributed by atoms with Crippen LogP contribution in [0, 0.1) is 0 Å². The molecule has 1 amide bonds. The van der Waals surface area contributed by atoms with Crippen LogP contribution in [0.25, 0.3) is 0 Å². The van der Waals surface area contributed by atoms with E-state index in [1.807, 2.05) is 38.1 Å². The van der Waals surface area contributed by atoms with Crippen LogP contribution in [-0.2, 0) is 12.8 Å². The molecule has 0 atom stereocenters. The fraction of sp³-hybridized carbons (Fsp3) is 0.389. The van der Waals surface area contributed by atoms with E-state index < -0.39 is 0 Å². The van der Waals surface area contributed by atoms with Crippen molar-refractivity contribution in [2.24, 2.45) is 0 Å². The number of anilines is 1. The van der Waals surface area contributed by atoms with Crippen molar-refractivity contribution in [1.29, 1.82) is 0 Å². The second-order valence-electron chi connectivity index (χ2n) is 5.39. The smallest absolute Gasteiger partial charge is 0.265 e. The van der Waals surface area contributed by atoms with Crippen LogP contribution in [0.2, 0.25) is 0 Å². The quantitative estimate of drug-likeness (QED) is 0.859. The highest BCUT2D eigenvalue weighted by molar-refractivity contribution is 7.14. The van der Waals surface area contributed by atoms with Crippen LogP contribution in [0.15, 0.2) is 24.3 Å². The summed E-state index contributed by atoms with van der Waals surface area (Å²) in [7, 11) is 0. The van der Waals surface area contributed by atoms with Gasteiger partial charge in [0.05, 0.1) is 23.8 Å². The predicted molar refractivity (Wildman–Crippen MR) is 93.1 cm³/mol. The summed E-state index contributed by atoms with van der Waals surface area (Å²) in [6.07, 6.45) is 3.38. The van der Waals surface area contributed by atoms with E-state index in [1.165, 1.54) is 16.9 Å². The Morgan fingerprint density at radius 1 is 1.17 bits per heavy atom. The Balaban J connectivity index is 1.81. The van der Waals surface area contributed by atoms with Gasteiger partial charge in [0.2, 0.25) is 0 Å².